The summed E-state index contributed by atoms with van der Waals surface area (Å²) < 4.78 is 42.5. The van der Waals surface area contributed by atoms with Crippen molar-refractivity contribution in [1.82, 2.24) is 10.2 Å². The fraction of sp³-hybridized carbons (Fsp3) is 0.424. The summed E-state index contributed by atoms with van der Waals surface area (Å²) in [4.78, 5) is 41.1. The quantitative estimate of drug-likeness (QED) is 0.247. The zero-order valence-corrected chi connectivity index (χ0v) is 26.4. The summed E-state index contributed by atoms with van der Waals surface area (Å²) >= 11 is 6.01. The van der Waals surface area contributed by atoms with Gasteiger partial charge >= 0.3 is 6.09 Å². The van der Waals surface area contributed by atoms with Crippen LogP contribution in [0.3, 0.4) is 0 Å². The standard InChI is InChI=1S/C33H38ClFN2O8/c1-33(2,3)45-32(40)36-14-15-37(19-23-12-13-26(35)25(34)17-23)31(39)30-29(43-20-22-9-5-4-6-10-22)27(38)18-24(44-30)21-42-28-11-7-8-16-41-28/h4-6,9-10,12-13,17-18,28H,7-8,11,14-16,19-21H2,1-3H3,(H,36,40). The number of hydrogen-bond acceptors (Lipinski definition) is 8. The van der Waals surface area contributed by atoms with Gasteiger partial charge in [0.15, 0.2) is 6.29 Å². The van der Waals surface area contributed by atoms with Gasteiger partial charge in [-0.2, -0.15) is 0 Å². The first-order valence-corrected chi connectivity index (χ1v) is 15.1. The fourth-order valence-corrected chi connectivity index (χ4v) is 4.69. The SMILES string of the molecule is CC(C)(C)OC(=O)NCCN(Cc1ccc(F)c(Cl)c1)C(=O)c1oc(COC2CCCCO2)cc(=O)c1OCc1ccccc1. The molecule has 10 nitrogen and oxygen atoms in total. The number of halogens is 2. The largest absolute Gasteiger partial charge is 0.481 e. The Hall–Kier alpha value is -3.93. The zero-order chi connectivity index (χ0) is 32.4. The molecule has 0 radical (unpaired) electrons. The third-order valence-electron chi connectivity index (χ3n) is 6.62. The highest BCUT2D eigenvalue weighted by molar-refractivity contribution is 6.30. The Kier molecular flexibility index (Phi) is 12.0. The molecule has 0 aliphatic carbocycles. The summed E-state index contributed by atoms with van der Waals surface area (Å²) in [5, 5.41) is 2.51. The molecule has 12 heteroatoms. The van der Waals surface area contributed by atoms with E-state index in [0.29, 0.717) is 18.6 Å². The molecule has 3 aromatic rings. The molecule has 2 heterocycles. The minimum Gasteiger partial charge on any atom is -0.481 e. The smallest absolute Gasteiger partial charge is 0.407 e. The average Bonchev–Trinajstić information content (AvgIpc) is 3.00. The molecule has 1 atom stereocenters. The van der Waals surface area contributed by atoms with E-state index in [9.17, 15) is 18.8 Å². The van der Waals surface area contributed by atoms with E-state index in [-0.39, 0.29) is 55.1 Å². The van der Waals surface area contributed by atoms with E-state index in [1.165, 1.54) is 29.2 Å². The van der Waals surface area contributed by atoms with Crippen LogP contribution in [0.25, 0.3) is 0 Å². The van der Waals surface area contributed by atoms with Crippen molar-refractivity contribution in [3.05, 3.63) is 98.3 Å². The number of carbonyl (C=O) groups excluding carboxylic acids is 2. The maximum Gasteiger partial charge on any atom is 0.407 e. The Morgan fingerprint density at radius 2 is 1.84 bits per heavy atom. The number of carbonyl (C=O) groups is 2. The second kappa shape index (κ2) is 15.9. The molecule has 4 rings (SSSR count). The van der Waals surface area contributed by atoms with Crippen molar-refractivity contribution in [2.24, 2.45) is 0 Å². The van der Waals surface area contributed by atoms with Gasteiger partial charge in [-0.05, 0) is 63.3 Å². The fourth-order valence-electron chi connectivity index (χ4n) is 4.49. The van der Waals surface area contributed by atoms with Gasteiger partial charge in [0.1, 0.15) is 30.4 Å². The van der Waals surface area contributed by atoms with Crippen molar-refractivity contribution in [2.75, 3.05) is 19.7 Å². The third kappa shape index (κ3) is 10.6. The molecule has 242 valence electrons. The summed E-state index contributed by atoms with van der Waals surface area (Å²) in [6.45, 7) is 5.60. The van der Waals surface area contributed by atoms with E-state index in [1.807, 2.05) is 30.3 Å². The number of rotatable bonds is 12. The van der Waals surface area contributed by atoms with E-state index < -0.39 is 35.1 Å². The molecule has 1 N–H and O–H groups in total. The summed E-state index contributed by atoms with van der Waals surface area (Å²) in [7, 11) is 0. The molecule has 1 aromatic heterocycles. The number of nitrogens with zero attached hydrogens (tertiary/aromatic N) is 1. The lowest BCUT2D eigenvalue weighted by Gasteiger charge is -2.25. The molecular weight excluding hydrogens is 607 g/mol. The second-order valence-corrected chi connectivity index (χ2v) is 11.9. The summed E-state index contributed by atoms with van der Waals surface area (Å²) in [5.41, 5.74) is -0.00348. The number of alkyl carbamates (subject to hydrolysis) is 1. The van der Waals surface area contributed by atoms with Crippen LogP contribution in [0.4, 0.5) is 9.18 Å². The lowest BCUT2D eigenvalue weighted by Crippen LogP contribution is -2.40. The number of nitrogens with one attached hydrogen (secondary N) is 1. The molecule has 1 saturated heterocycles. The van der Waals surface area contributed by atoms with E-state index in [1.54, 1.807) is 20.8 Å². The Labute approximate surface area is 266 Å². The van der Waals surface area contributed by atoms with Gasteiger partial charge in [-0.15, -0.1) is 0 Å². The first kappa shape index (κ1) is 34.0. The molecule has 2 amide bonds. The van der Waals surface area contributed by atoms with Gasteiger partial charge < -0.3 is 33.6 Å². The maximum atomic E-state index is 14.1. The normalized spacial score (nSPS) is 14.9. The highest BCUT2D eigenvalue weighted by Crippen LogP contribution is 2.24. The van der Waals surface area contributed by atoms with Gasteiger partial charge in [-0.1, -0.05) is 48.0 Å². The molecule has 0 bridgehead atoms. The first-order chi connectivity index (χ1) is 21.5. The highest BCUT2D eigenvalue weighted by Gasteiger charge is 2.27. The minimum atomic E-state index is -0.718. The number of benzene rings is 2. The van der Waals surface area contributed by atoms with Gasteiger partial charge in [-0.25, -0.2) is 9.18 Å². The van der Waals surface area contributed by atoms with Crippen LogP contribution >= 0.6 is 11.6 Å². The molecule has 0 saturated carbocycles. The highest BCUT2D eigenvalue weighted by atomic mass is 35.5. The maximum absolute atomic E-state index is 14.1. The van der Waals surface area contributed by atoms with Gasteiger partial charge in [0.25, 0.3) is 5.91 Å². The second-order valence-electron chi connectivity index (χ2n) is 11.5. The van der Waals surface area contributed by atoms with E-state index in [0.717, 1.165) is 18.4 Å². The van der Waals surface area contributed by atoms with Gasteiger partial charge in [0.05, 0.1) is 5.02 Å². The zero-order valence-electron chi connectivity index (χ0n) is 25.6. The molecule has 1 unspecified atom stereocenters. The molecule has 1 aliphatic rings. The van der Waals surface area contributed by atoms with Crippen LogP contribution < -0.4 is 15.5 Å². The molecule has 1 fully saturated rings. The van der Waals surface area contributed by atoms with Crippen LogP contribution in [-0.4, -0.2) is 48.5 Å². The molecule has 1 aliphatic heterocycles. The van der Waals surface area contributed by atoms with Crippen molar-refractivity contribution in [3.63, 3.8) is 0 Å². The predicted molar refractivity (Wildman–Crippen MR) is 165 cm³/mol. The van der Waals surface area contributed by atoms with Crippen LogP contribution in [0.5, 0.6) is 5.75 Å². The number of hydrogen-bond donors (Lipinski definition) is 1. The molecule has 0 spiro atoms. The van der Waals surface area contributed by atoms with Crippen LogP contribution in [0.2, 0.25) is 5.02 Å². The van der Waals surface area contributed by atoms with Crippen LogP contribution in [0.1, 0.15) is 67.5 Å². The van der Waals surface area contributed by atoms with Crippen molar-refractivity contribution in [3.8, 4) is 5.75 Å². The van der Waals surface area contributed by atoms with Crippen LogP contribution in [-0.2, 0) is 34.0 Å². The van der Waals surface area contributed by atoms with E-state index in [2.05, 4.69) is 5.32 Å². The van der Waals surface area contributed by atoms with Gasteiger partial charge in [0, 0.05) is 32.3 Å². The summed E-state index contributed by atoms with van der Waals surface area (Å²) in [6.07, 6.45) is 1.48. The Bertz CT molecular complexity index is 1500. The lowest BCUT2D eigenvalue weighted by atomic mass is 10.2. The van der Waals surface area contributed by atoms with Crippen molar-refractivity contribution in [2.45, 2.75) is 71.7 Å². The average molecular weight is 645 g/mol. The molecule has 45 heavy (non-hydrogen) atoms. The number of ether oxygens (including phenoxy) is 4. The first-order valence-electron chi connectivity index (χ1n) is 14.8. The Morgan fingerprint density at radius 3 is 2.53 bits per heavy atom. The number of amides is 2. The minimum absolute atomic E-state index is 0.00182. The Morgan fingerprint density at radius 1 is 1.07 bits per heavy atom. The van der Waals surface area contributed by atoms with Crippen molar-refractivity contribution in [1.29, 1.82) is 0 Å². The van der Waals surface area contributed by atoms with Gasteiger partial charge in [-0.3, -0.25) is 9.59 Å². The monoisotopic (exact) mass is 644 g/mol. The third-order valence-corrected chi connectivity index (χ3v) is 6.91. The predicted octanol–water partition coefficient (Wildman–Crippen LogP) is 6.22. The van der Waals surface area contributed by atoms with Crippen LogP contribution in [0.15, 0.2) is 63.8 Å². The summed E-state index contributed by atoms with van der Waals surface area (Å²) in [6, 6.07) is 14.5. The Balaban J connectivity index is 1.63. The summed E-state index contributed by atoms with van der Waals surface area (Å²) in [5.74, 6) is -1.81. The molecular formula is C33H38ClFN2O8. The van der Waals surface area contributed by atoms with Crippen molar-refractivity contribution >= 4 is 23.6 Å². The van der Waals surface area contributed by atoms with E-state index >= 15 is 0 Å². The topological polar surface area (TPSA) is 117 Å². The van der Waals surface area contributed by atoms with Gasteiger partial charge in [0.2, 0.25) is 16.9 Å². The van der Waals surface area contributed by atoms with E-state index in [4.69, 9.17) is 35.0 Å². The molecule has 2 aromatic carbocycles. The lowest BCUT2D eigenvalue weighted by molar-refractivity contribution is -0.171. The van der Waals surface area contributed by atoms with Crippen LogP contribution in [0, 0.1) is 5.82 Å². The van der Waals surface area contributed by atoms with Crippen molar-refractivity contribution < 1.29 is 37.3 Å².